The van der Waals surface area contributed by atoms with Crippen molar-refractivity contribution in [3.8, 4) is 22.5 Å². The Morgan fingerprint density at radius 2 is 1.32 bits per heavy atom. The minimum Gasteiger partial charge on any atom is -0.264 e. The van der Waals surface area contributed by atoms with Crippen LogP contribution in [0.2, 0.25) is 0 Å². The molecule has 1 N–H and O–H groups in total. The fraction of sp³-hybridized carbons (Fsp3) is 0.0400. The average Bonchev–Trinajstić information content (AvgIpc) is 2.83. The van der Waals surface area contributed by atoms with Crippen molar-refractivity contribution in [2.24, 2.45) is 5.10 Å². The normalized spacial score (nSPS) is 11.2. The van der Waals surface area contributed by atoms with E-state index in [9.17, 15) is 9.18 Å². The van der Waals surface area contributed by atoms with Gasteiger partial charge in [-0.15, -0.1) is 0 Å². The van der Waals surface area contributed by atoms with Gasteiger partial charge in [0.1, 0.15) is 5.82 Å². The third-order valence-corrected chi connectivity index (χ3v) is 4.66. The van der Waals surface area contributed by atoms with Crippen LogP contribution < -0.4 is 5.43 Å². The Balaban J connectivity index is 1.67. The lowest BCUT2D eigenvalue weighted by atomic mass is 10.1. The van der Waals surface area contributed by atoms with Gasteiger partial charge in [-0.1, -0.05) is 72.8 Å². The number of hydrogen-bond acceptors (Lipinski definition) is 4. The van der Waals surface area contributed by atoms with Crippen LogP contribution in [-0.4, -0.2) is 21.6 Å². The number of carbonyl (C=O) groups is 1. The van der Waals surface area contributed by atoms with Gasteiger partial charge in [0.2, 0.25) is 5.82 Å². The smallest absolute Gasteiger partial charge is 0.264 e. The van der Waals surface area contributed by atoms with Gasteiger partial charge < -0.3 is 0 Å². The van der Waals surface area contributed by atoms with E-state index in [1.807, 2.05) is 66.7 Å². The summed E-state index contributed by atoms with van der Waals surface area (Å²) in [5.41, 5.74) is 6.77. The molecule has 0 aliphatic heterocycles. The summed E-state index contributed by atoms with van der Waals surface area (Å²) in [5, 5.41) is 4.12. The summed E-state index contributed by atoms with van der Waals surface area (Å²) in [6, 6.07) is 26.9. The van der Waals surface area contributed by atoms with Gasteiger partial charge in [0.15, 0.2) is 0 Å². The first-order chi connectivity index (χ1) is 15.1. The number of carbonyl (C=O) groups excluding carboxylic acids is 1. The number of benzene rings is 3. The fourth-order valence-electron chi connectivity index (χ4n) is 3.00. The molecule has 5 nitrogen and oxygen atoms in total. The van der Waals surface area contributed by atoms with Gasteiger partial charge in [0, 0.05) is 11.1 Å². The predicted molar refractivity (Wildman–Crippen MR) is 119 cm³/mol. The van der Waals surface area contributed by atoms with E-state index in [2.05, 4.69) is 20.5 Å². The third kappa shape index (κ3) is 4.87. The van der Waals surface area contributed by atoms with Gasteiger partial charge >= 0.3 is 5.91 Å². The second-order valence-corrected chi connectivity index (χ2v) is 6.84. The molecule has 0 saturated heterocycles. The monoisotopic (exact) mass is 410 g/mol. The molecule has 1 amide bonds. The SMILES string of the molecule is CC(=NNC(=O)c1nc(-c2ccccc2)cc(-c2ccccc2)n1)c1ccc(F)cc1. The van der Waals surface area contributed by atoms with Crippen molar-refractivity contribution in [1.82, 2.24) is 15.4 Å². The zero-order valence-corrected chi connectivity index (χ0v) is 16.8. The van der Waals surface area contributed by atoms with E-state index in [1.54, 1.807) is 19.1 Å². The van der Waals surface area contributed by atoms with Crippen molar-refractivity contribution >= 4 is 11.6 Å². The first kappa shape index (κ1) is 20.1. The summed E-state index contributed by atoms with van der Waals surface area (Å²) in [6.45, 7) is 1.73. The molecule has 0 saturated carbocycles. The molecule has 0 aliphatic carbocycles. The Labute approximate surface area is 179 Å². The summed E-state index contributed by atoms with van der Waals surface area (Å²) in [4.78, 5) is 21.7. The van der Waals surface area contributed by atoms with Gasteiger partial charge in [-0.2, -0.15) is 5.10 Å². The summed E-state index contributed by atoms with van der Waals surface area (Å²) in [7, 11) is 0. The van der Waals surface area contributed by atoms with E-state index < -0.39 is 5.91 Å². The number of rotatable bonds is 5. The minimum absolute atomic E-state index is 0.0101. The molecular weight excluding hydrogens is 391 g/mol. The van der Waals surface area contributed by atoms with Gasteiger partial charge in [-0.3, -0.25) is 4.79 Å². The number of aromatic nitrogens is 2. The number of hydrazone groups is 1. The Bertz CT molecular complexity index is 1170. The molecule has 0 aliphatic rings. The van der Waals surface area contributed by atoms with Crippen LogP contribution in [-0.2, 0) is 0 Å². The highest BCUT2D eigenvalue weighted by atomic mass is 19.1. The molecule has 0 radical (unpaired) electrons. The van der Waals surface area contributed by atoms with Crippen molar-refractivity contribution in [1.29, 1.82) is 0 Å². The van der Waals surface area contributed by atoms with E-state index in [4.69, 9.17) is 0 Å². The molecule has 0 atom stereocenters. The molecule has 4 aromatic rings. The second-order valence-electron chi connectivity index (χ2n) is 6.84. The number of amides is 1. The Morgan fingerprint density at radius 3 is 1.84 bits per heavy atom. The molecule has 0 spiro atoms. The molecular formula is C25H19FN4O. The van der Waals surface area contributed by atoms with Crippen LogP contribution in [0.15, 0.2) is 96.1 Å². The van der Waals surface area contributed by atoms with Gasteiger partial charge in [-0.25, -0.2) is 19.8 Å². The largest absolute Gasteiger partial charge is 0.309 e. The van der Waals surface area contributed by atoms with Crippen molar-refractivity contribution in [2.75, 3.05) is 0 Å². The average molecular weight is 410 g/mol. The highest BCUT2D eigenvalue weighted by Gasteiger charge is 2.14. The minimum atomic E-state index is -0.531. The highest BCUT2D eigenvalue weighted by molar-refractivity contribution is 6.00. The predicted octanol–water partition coefficient (Wildman–Crippen LogP) is 5.10. The van der Waals surface area contributed by atoms with Crippen LogP contribution in [0, 0.1) is 5.82 Å². The Hall–Kier alpha value is -4.19. The number of nitrogens with one attached hydrogen (secondary N) is 1. The van der Waals surface area contributed by atoms with Crippen molar-refractivity contribution in [3.05, 3.63) is 108 Å². The van der Waals surface area contributed by atoms with E-state index in [0.717, 1.165) is 11.1 Å². The maximum Gasteiger partial charge on any atom is 0.309 e. The molecule has 31 heavy (non-hydrogen) atoms. The second kappa shape index (κ2) is 9.09. The first-order valence-electron chi connectivity index (χ1n) is 9.70. The quantitative estimate of drug-likeness (QED) is 0.367. The first-order valence-corrected chi connectivity index (χ1v) is 9.70. The van der Waals surface area contributed by atoms with Crippen molar-refractivity contribution in [3.63, 3.8) is 0 Å². The maximum atomic E-state index is 13.1. The van der Waals surface area contributed by atoms with Gasteiger partial charge in [0.05, 0.1) is 17.1 Å². The molecule has 0 unspecified atom stereocenters. The lowest BCUT2D eigenvalue weighted by molar-refractivity contribution is 0.0944. The van der Waals surface area contributed by atoms with E-state index in [1.165, 1.54) is 12.1 Å². The van der Waals surface area contributed by atoms with Crippen LogP contribution in [0.1, 0.15) is 23.1 Å². The lowest BCUT2D eigenvalue weighted by Crippen LogP contribution is -2.22. The van der Waals surface area contributed by atoms with E-state index in [-0.39, 0.29) is 11.6 Å². The maximum absolute atomic E-state index is 13.1. The third-order valence-electron chi connectivity index (χ3n) is 4.66. The molecule has 3 aromatic carbocycles. The van der Waals surface area contributed by atoms with Crippen molar-refractivity contribution in [2.45, 2.75) is 6.92 Å². The van der Waals surface area contributed by atoms with Crippen LogP contribution in [0.3, 0.4) is 0 Å². The number of halogens is 1. The zero-order chi connectivity index (χ0) is 21.6. The van der Waals surface area contributed by atoms with E-state index >= 15 is 0 Å². The van der Waals surface area contributed by atoms with Crippen molar-refractivity contribution < 1.29 is 9.18 Å². The Morgan fingerprint density at radius 1 is 0.806 bits per heavy atom. The Kier molecular flexibility index (Phi) is 5.89. The lowest BCUT2D eigenvalue weighted by Gasteiger charge is -2.08. The molecule has 152 valence electrons. The summed E-state index contributed by atoms with van der Waals surface area (Å²) >= 11 is 0. The molecule has 1 aromatic heterocycles. The fourth-order valence-corrected chi connectivity index (χ4v) is 3.00. The van der Waals surface area contributed by atoms with E-state index in [0.29, 0.717) is 22.7 Å². The molecule has 0 bridgehead atoms. The van der Waals surface area contributed by atoms with Crippen LogP contribution in [0.25, 0.3) is 22.5 Å². The standard InChI is InChI=1S/C25H19FN4O/c1-17(18-12-14-21(26)15-13-18)29-30-25(31)24-27-22(19-8-4-2-5-9-19)16-23(28-24)20-10-6-3-7-11-20/h2-16H,1H3,(H,30,31). The molecule has 1 heterocycles. The van der Waals surface area contributed by atoms with Gasteiger partial charge in [-0.05, 0) is 30.7 Å². The van der Waals surface area contributed by atoms with Gasteiger partial charge in [0.25, 0.3) is 0 Å². The van der Waals surface area contributed by atoms with Crippen LogP contribution >= 0.6 is 0 Å². The zero-order valence-electron chi connectivity index (χ0n) is 16.8. The molecule has 6 heteroatoms. The van der Waals surface area contributed by atoms with Crippen LogP contribution in [0.4, 0.5) is 4.39 Å². The van der Waals surface area contributed by atoms with Crippen LogP contribution in [0.5, 0.6) is 0 Å². The summed E-state index contributed by atoms with van der Waals surface area (Å²) < 4.78 is 13.1. The molecule has 0 fully saturated rings. The molecule has 4 rings (SSSR count). The summed E-state index contributed by atoms with van der Waals surface area (Å²) in [6.07, 6.45) is 0. The topological polar surface area (TPSA) is 67.2 Å². The summed E-state index contributed by atoms with van der Waals surface area (Å²) in [5.74, 6) is -0.854. The number of hydrogen-bond donors (Lipinski definition) is 1. The number of nitrogens with zero attached hydrogens (tertiary/aromatic N) is 3. The highest BCUT2D eigenvalue weighted by Crippen LogP contribution is 2.23.